The molecule has 0 bridgehead atoms. The number of rotatable bonds is 12. The lowest BCUT2D eigenvalue weighted by molar-refractivity contribution is -0.140. The molecule has 0 radical (unpaired) electrons. The van der Waals surface area contributed by atoms with Crippen LogP contribution in [0.2, 0.25) is 0 Å². The fourth-order valence-corrected chi connectivity index (χ4v) is 4.78. The van der Waals surface area contributed by atoms with Crippen molar-refractivity contribution in [2.75, 3.05) is 24.2 Å². The molecule has 1 atom stereocenters. The molecule has 35 heavy (non-hydrogen) atoms. The van der Waals surface area contributed by atoms with E-state index in [0.29, 0.717) is 11.4 Å². The van der Waals surface area contributed by atoms with Gasteiger partial charge in [-0.3, -0.25) is 13.9 Å². The van der Waals surface area contributed by atoms with E-state index in [1.54, 1.807) is 36.1 Å². The molecule has 0 spiro atoms. The zero-order valence-electron chi connectivity index (χ0n) is 21.4. The number of carbonyl (C=O) groups is 2. The number of hydrogen-bond donors (Lipinski definition) is 1. The Hall–Kier alpha value is -3.07. The van der Waals surface area contributed by atoms with Gasteiger partial charge in [-0.25, -0.2) is 8.42 Å². The summed E-state index contributed by atoms with van der Waals surface area (Å²) in [5.41, 5.74) is 2.41. The van der Waals surface area contributed by atoms with Gasteiger partial charge in [0.1, 0.15) is 11.8 Å². The predicted octanol–water partition coefficient (Wildman–Crippen LogP) is 3.49. The third-order valence-electron chi connectivity index (χ3n) is 5.54. The molecule has 2 aromatic carbocycles. The number of nitrogens with zero attached hydrogens (tertiary/aromatic N) is 2. The van der Waals surface area contributed by atoms with E-state index in [-0.39, 0.29) is 43.8 Å². The van der Waals surface area contributed by atoms with Gasteiger partial charge in [0.2, 0.25) is 21.8 Å². The standard InChI is InChI=1S/C26H37N3O5S/c1-19(2)27-26(31)21(4)28(18-22-12-9-11-20(3)17-22)25(30)15-10-16-29(35(6,32)33)23-13-7-8-14-24(23)34-5/h7-9,11-14,17,19,21H,10,15-16,18H2,1-6H3,(H,27,31)/t21-/m1/s1. The molecule has 0 aromatic heterocycles. The summed E-state index contributed by atoms with van der Waals surface area (Å²) in [6, 6.07) is 13.9. The Balaban J connectivity index is 2.20. The summed E-state index contributed by atoms with van der Waals surface area (Å²) in [4.78, 5) is 27.6. The number of aryl methyl sites for hydroxylation is 1. The number of nitrogens with one attached hydrogen (secondary N) is 1. The molecular formula is C26H37N3O5S. The lowest BCUT2D eigenvalue weighted by Crippen LogP contribution is -2.49. The number of hydrogen-bond acceptors (Lipinski definition) is 5. The highest BCUT2D eigenvalue weighted by molar-refractivity contribution is 7.92. The van der Waals surface area contributed by atoms with Crippen LogP contribution in [0.4, 0.5) is 5.69 Å². The lowest BCUT2D eigenvalue weighted by atomic mass is 10.1. The maximum absolute atomic E-state index is 13.3. The highest BCUT2D eigenvalue weighted by Gasteiger charge is 2.27. The van der Waals surface area contributed by atoms with Gasteiger partial charge < -0.3 is 15.0 Å². The van der Waals surface area contributed by atoms with Gasteiger partial charge in [0.15, 0.2) is 0 Å². The second-order valence-electron chi connectivity index (χ2n) is 8.96. The number of carbonyl (C=O) groups excluding carboxylic acids is 2. The Labute approximate surface area is 209 Å². The molecule has 0 heterocycles. The van der Waals surface area contributed by atoms with Crippen molar-refractivity contribution in [1.82, 2.24) is 10.2 Å². The summed E-state index contributed by atoms with van der Waals surface area (Å²) in [6.07, 6.45) is 1.50. The second-order valence-corrected chi connectivity index (χ2v) is 10.9. The van der Waals surface area contributed by atoms with Crippen molar-refractivity contribution in [3.05, 3.63) is 59.7 Å². The topological polar surface area (TPSA) is 96.0 Å². The zero-order valence-corrected chi connectivity index (χ0v) is 22.3. The zero-order chi connectivity index (χ0) is 26.2. The maximum Gasteiger partial charge on any atom is 0.242 e. The third-order valence-corrected chi connectivity index (χ3v) is 6.72. The quantitative estimate of drug-likeness (QED) is 0.478. The summed E-state index contributed by atoms with van der Waals surface area (Å²) >= 11 is 0. The van der Waals surface area contributed by atoms with E-state index < -0.39 is 16.1 Å². The molecule has 2 amide bonds. The molecule has 0 aliphatic carbocycles. The molecule has 0 aliphatic rings. The van der Waals surface area contributed by atoms with Crippen molar-refractivity contribution in [3.8, 4) is 5.75 Å². The van der Waals surface area contributed by atoms with Crippen molar-refractivity contribution in [3.63, 3.8) is 0 Å². The minimum Gasteiger partial charge on any atom is -0.495 e. The number of sulfonamides is 1. The summed E-state index contributed by atoms with van der Waals surface area (Å²) in [5.74, 6) is -0.0107. The summed E-state index contributed by atoms with van der Waals surface area (Å²) in [5, 5.41) is 2.87. The summed E-state index contributed by atoms with van der Waals surface area (Å²) in [6.45, 7) is 7.82. The smallest absolute Gasteiger partial charge is 0.242 e. The number of anilines is 1. The number of benzene rings is 2. The van der Waals surface area contributed by atoms with Gasteiger partial charge in [-0.2, -0.15) is 0 Å². The van der Waals surface area contributed by atoms with Gasteiger partial charge in [0, 0.05) is 25.6 Å². The van der Waals surface area contributed by atoms with Gasteiger partial charge in [-0.05, 0) is 51.8 Å². The Morgan fingerprint density at radius 2 is 1.74 bits per heavy atom. The molecule has 2 rings (SSSR count). The van der Waals surface area contributed by atoms with Crippen LogP contribution in [-0.2, 0) is 26.2 Å². The number of amides is 2. The summed E-state index contributed by atoms with van der Waals surface area (Å²) in [7, 11) is -2.12. The molecule has 0 saturated carbocycles. The lowest BCUT2D eigenvalue weighted by Gasteiger charge is -2.30. The van der Waals surface area contributed by atoms with Crippen LogP contribution < -0.4 is 14.4 Å². The monoisotopic (exact) mass is 503 g/mol. The van der Waals surface area contributed by atoms with Crippen LogP contribution in [0.5, 0.6) is 5.75 Å². The Bertz CT molecular complexity index is 1120. The largest absolute Gasteiger partial charge is 0.495 e. The normalized spacial score (nSPS) is 12.2. The van der Waals surface area contributed by atoms with E-state index >= 15 is 0 Å². The first-order valence-corrected chi connectivity index (χ1v) is 13.5. The van der Waals surface area contributed by atoms with Gasteiger partial charge in [0.25, 0.3) is 0 Å². The molecule has 9 heteroatoms. The predicted molar refractivity (Wildman–Crippen MR) is 139 cm³/mol. The van der Waals surface area contributed by atoms with Gasteiger partial charge in [0.05, 0.1) is 19.1 Å². The van der Waals surface area contributed by atoms with E-state index in [2.05, 4.69) is 5.32 Å². The average molecular weight is 504 g/mol. The molecule has 2 aromatic rings. The van der Waals surface area contributed by atoms with E-state index in [9.17, 15) is 18.0 Å². The first kappa shape index (κ1) is 28.2. The van der Waals surface area contributed by atoms with Crippen molar-refractivity contribution < 1.29 is 22.7 Å². The molecular weight excluding hydrogens is 466 g/mol. The SMILES string of the molecule is COc1ccccc1N(CCCC(=O)N(Cc1cccc(C)c1)[C@H](C)C(=O)NC(C)C)S(C)(=O)=O. The molecule has 8 nitrogen and oxygen atoms in total. The van der Waals surface area contributed by atoms with Crippen LogP contribution in [-0.4, -0.2) is 57.1 Å². The second kappa shape index (κ2) is 12.6. The first-order chi connectivity index (χ1) is 16.4. The maximum atomic E-state index is 13.3. The molecule has 0 fully saturated rings. The third kappa shape index (κ3) is 8.28. The first-order valence-electron chi connectivity index (χ1n) is 11.7. The highest BCUT2D eigenvalue weighted by atomic mass is 32.2. The van der Waals surface area contributed by atoms with Crippen molar-refractivity contribution in [2.24, 2.45) is 0 Å². The van der Waals surface area contributed by atoms with Crippen LogP contribution in [0, 0.1) is 6.92 Å². The van der Waals surface area contributed by atoms with Crippen molar-refractivity contribution in [1.29, 1.82) is 0 Å². The highest BCUT2D eigenvalue weighted by Crippen LogP contribution is 2.29. The van der Waals surface area contributed by atoms with Gasteiger partial charge in [-0.1, -0.05) is 42.0 Å². The van der Waals surface area contributed by atoms with Crippen LogP contribution in [0.25, 0.3) is 0 Å². The van der Waals surface area contributed by atoms with E-state index in [1.165, 1.54) is 11.4 Å². The fourth-order valence-electron chi connectivity index (χ4n) is 3.81. The Morgan fingerprint density at radius 3 is 2.34 bits per heavy atom. The molecule has 1 N–H and O–H groups in total. The molecule has 0 aliphatic heterocycles. The van der Waals surface area contributed by atoms with E-state index in [4.69, 9.17) is 4.74 Å². The van der Waals surface area contributed by atoms with Gasteiger partial charge in [-0.15, -0.1) is 0 Å². The van der Waals surface area contributed by atoms with Crippen LogP contribution in [0.15, 0.2) is 48.5 Å². The number of methoxy groups -OCH3 is 1. The molecule has 192 valence electrons. The fraction of sp³-hybridized carbons (Fsp3) is 0.462. The van der Waals surface area contributed by atoms with Crippen LogP contribution >= 0.6 is 0 Å². The minimum absolute atomic E-state index is 0.0509. The molecule has 0 unspecified atom stereocenters. The van der Waals surface area contributed by atoms with Crippen LogP contribution in [0.1, 0.15) is 44.7 Å². The average Bonchev–Trinajstić information content (AvgIpc) is 2.78. The summed E-state index contributed by atoms with van der Waals surface area (Å²) < 4.78 is 31.6. The van der Waals surface area contributed by atoms with E-state index in [0.717, 1.165) is 17.4 Å². The Kier molecular flexibility index (Phi) is 10.1. The van der Waals surface area contributed by atoms with E-state index in [1.807, 2.05) is 45.0 Å². The minimum atomic E-state index is -3.60. The number of ether oxygens (including phenoxy) is 1. The van der Waals surface area contributed by atoms with Crippen LogP contribution in [0.3, 0.4) is 0 Å². The molecule has 0 saturated heterocycles. The van der Waals surface area contributed by atoms with Crippen molar-refractivity contribution in [2.45, 2.75) is 59.2 Å². The van der Waals surface area contributed by atoms with Gasteiger partial charge >= 0.3 is 0 Å². The number of para-hydroxylation sites is 2. The Morgan fingerprint density at radius 1 is 1.06 bits per heavy atom. The van der Waals surface area contributed by atoms with Crippen molar-refractivity contribution >= 4 is 27.5 Å².